The van der Waals surface area contributed by atoms with Crippen LogP contribution in [0.3, 0.4) is 0 Å². The standard InChI is InChI=1S/C13H16ClF2NO2S2/c1-8-6-17(7-9(2)20-8)21(18,19)12-4-10(5-14)3-11(15)13(12)16/h3-4,8-9H,5-7H2,1-2H3. The van der Waals surface area contributed by atoms with Crippen molar-refractivity contribution < 1.29 is 17.2 Å². The summed E-state index contributed by atoms with van der Waals surface area (Å²) in [5, 5.41) is 0.209. The van der Waals surface area contributed by atoms with E-state index in [1.54, 1.807) is 11.8 Å². The average Bonchev–Trinajstić information content (AvgIpc) is 2.40. The number of hydrogen-bond acceptors (Lipinski definition) is 3. The van der Waals surface area contributed by atoms with E-state index >= 15 is 0 Å². The van der Waals surface area contributed by atoms with Crippen molar-refractivity contribution in [2.75, 3.05) is 13.1 Å². The Balaban J connectivity index is 2.46. The molecule has 1 aromatic rings. The van der Waals surface area contributed by atoms with Crippen molar-refractivity contribution in [3.05, 3.63) is 29.3 Å². The van der Waals surface area contributed by atoms with Crippen LogP contribution < -0.4 is 0 Å². The fourth-order valence-corrected chi connectivity index (χ4v) is 5.76. The lowest BCUT2D eigenvalue weighted by atomic mass is 10.2. The van der Waals surface area contributed by atoms with Gasteiger partial charge in [-0.1, -0.05) is 13.8 Å². The van der Waals surface area contributed by atoms with Gasteiger partial charge >= 0.3 is 0 Å². The fourth-order valence-electron chi connectivity index (χ4n) is 2.35. The minimum absolute atomic E-state index is 0.0810. The Morgan fingerprint density at radius 2 is 1.86 bits per heavy atom. The van der Waals surface area contributed by atoms with Gasteiger partial charge in [-0.2, -0.15) is 16.1 Å². The molecule has 1 aromatic carbocycles. The molecule has 0 bridgehead atoms. The molecule has 0 amide bonds. The van der Waals surface area contributed by atoms with E-state index in [4.69, 9.17) is 11.6 Å². The highest BCUT2D eigenvalue weighted by molar-refractivity contribution is 8.00. The smallest absolute Gasteiger partial charge is 0.207 e. The van der Waals surface area contributed by atoms with Gasteiger partial charge in [-0.25, -0.2) is 17.2 Å². The molecule has 118 valence electrons. The Hall–Kier alpha value is -0.370. The first-order chi connectivity index (χ1) is 9.75. The molecule has 21 heavy (non-hydrogen) atoms. The number of hydrogen-bond donors (Lipinski definition) is 0. The summed E-state index contributed by atoms with van der Waals surface area (Å²) in [5.74, 6) is -2.62. The number of thioether (sulfide) groups is 1. The van der Waals surface area contributed by atoms with E-state index in [-0.39, 0.29) is 35.0 Å². The molecule has 0 radical (unpaired) electrons. The summed E-state index contributed by atoms with van der Waals surface area (Å²) in [7, 11) is -4.07. The third-order valence-electron chi connectivity index (χ3n) is 3.21. The topological polar surface area (TPSA) is 37.4 Å². The molecule has 0 spiro atoms. The van der Waals surface area contributed by atoms with Crippen molar-refractivity contribution in [1.29, 1.82) is 0 Å². The van der Waals surface area contributed by atoms with Gasteiger partial charge in [0.05, 0.1) is 0 Å². The van der Waals surface area contributed by atoms with Crippen LogP contribution in [0, 0.1) is 11.6 Å². The van der Waals surface area contributed by atoms with Gasteiger partial charge in [0.2, 0.25) is 10.0 Å². The van der Waals surface area contributed by atoms with Gasteiger partial charge in [0, 0.05) is 29.5 Å². The molecule has 0 aromatic heterocycles. The molecule has 3 nitrogen and oxygen atoms in total. The van der Waals surface area contributed by atoms with Gasteiger partial charge in [0.1, 0.15) is 4.90 Å². The predicted molar refractivity (Wildman–Crippen MR) is 81.2 cm³/mol. The van der Waals surface area contributed by atoms with E-state index < -0.39 is 26.6 Å². The van der Waals surface area contributed by atoms with E-state index in [1.807, 2.05) is 13.8 Å². The zero-order valence-electron chi connectivity index (χ0n) is 11.6. The van der Waals surface area contributed by atoms with E-state index in [0.29, 0.717) is 0 Å². The van der Waals surface area contributed by atoms with E-state index in [2.05, 4.69) is 0 Å². The normalized spacial score (nSPS) is 24.2. The molecule has 0 N–H and O–H groups in total. The third kappa shape index (κ3) is 3.52. The monoisotopic (exact) mass is 355 g/mol. The quantitative estimate of drug-likeness (QED) is 0.781. The number of nitrogens with zero attached hydrogens (tertiary/aromatic N) is 1. The van der Waals surface area contributed by atoms with Crippen LogP contribution in [-0.4, -0.2) is 36.3 Å². The van der Waals surface area contributed by atoms with Crippen LogP contribution in [0.5, 0.6) is 0 Å². The minimum Gasteiger partial charge on any atom is -0.207 e. The second kappa shape index (κ2) is 6.40. The maximum absolute atomic E-state index is 13.9. The molecule has 1 heterocycles. The molecule has 2 unspecified atom stereocenters. The highest BCUT2D eigenvalue weighted by atomic mass is 35.5. The molecule has 8 heteroatoms. The molecule has 2 atom stereocenters. The van der Waals surface area contributed by atoms with Crippen molar-refractivity contribution in [3.63, 3.8) is 0 Å². The lowest BCUT2D eigenvalue weighted by molar-refractivity contribution is 0.398. The summed E-state index contributed by atoms with van der Waals surface area (Å²) in [6.45, 7) is 4.39. The lowest BCUT2D eigenvalue weighted by Crippen LogP contribution is -2.44. The Morgan fingerprint density at radius 3 is 2.38 bits per heavy atom. The number of halogens is 3. The third-order valence-corrected chi connectivity index (χ3v) is 6.58. The fraction of sp³-hybridized carbons (Fsp3) is 0.538. The highest BCUT2D eigenvalue weighted by Crippen LogP contribution is 2.30. The van der Waals surface area contributed by atoms with Crippen LogP contribution in [-0.2, 0) is 15.9 Å². The van der Waals surface area contributed by atoms with E-state index in [0.717, 1.165) is 12.1 Å². The van der Waals surface area contributed by atoms with Crippen LogP contribution in [0.25, 0.3) is 0 Å². The van der Waals surface area contributed by atoms with Crippen molar-refractivity contribution in [2.24, 2.45) is 0 Å². The first-order valence-electron chi connectivity index (χ1n) is 6.45. The van der Waals surface area contributed by atoms with Crippen molar-refractivity contribution in [1.82, 2.24) is 4.31 Å². The van der Waals surface area contributed by atoms with Crippen molar-refractivity contribution in [2.45, 2.75) is 35.1 Å². The van der Waals surface area contributed by atoms with E-state index in [9.17, 15) is 17.2 Å². The molecule has 1 aliphatic heterocycles. The van der Waals surface area contributed by atoms with Gasteiger partial charge in [-0.3, -0.25) is 0 Å². The summed E-state index contributed by atoms with van der Waals surface area (Å²) in [6, 6.07) is 2.02. The van der Waals surface area contributed by atoms with Gasteiger partial charge in [0.25, 0.3) is 0 Å². The predicted octanol–water partition coefficient (Wildman–Crippen LogP) is 3.22. The van der Waals surface area contributed by atoms with Crippen LogP contribution in [0.15, 0.2) is 17.0 Å². The molecule has 1 aliphatic rings. The minimum atomic E-state index is -4.07. The first-order valence-corrected chi connectivity index (χ1v) is 9.37. The number of sulfonamides is 1. The van der Waals surface area contributed by atoms with Crippen LogP contribution in [0.4, 0.5) is 8.78 Å². The molecule has 1 saturated heterocycles. The zero-order valence-corrected chi connectivity index (χ0v) is 14.0. The summed E-state index contributed by atoms with van der Waals surface area (Å²) in [6.07, 6.45) is 0. The molecule has 0 saturated carbocycles. The van der Waals surface area contributed by atoms with Gasteiger partial charge in [-0.15, -0.1) is 11.6 Å². The average molecular weight is 356 g/mol. The molecule has 0 aliphatic carbocycles. The lowest BCUT2D eigenvalue weighted by Gasteiger charge is -2.33. The van der Waals surface area contributed by atoms with Crippen LogP contribution in [0.2, 0.25) is 0 Å². The maximum Gasteiger partial charge on any atom is 0.246 e. The first kappa shape index (κ1) is 17.0. The Bertz CT molecular complexity index is 629. The number of rotatable bonds is 3. The Labute approximate surface area is 132 Å². The molecular formula is C13H16ClF2NO2S2. The maximum atomic E-state index is 13.9. The summed E-state index contributed by atoms with van der Waals surface area (Å²) in [5.41, 5.74) is 0.238. The SMILES string of the molecule is CC1CN(S(=O)(=O)c2cc(CCl)cc(F)c2F)CC(C)S1. The van der Waals surface area contributed by atoms with Crippen LogP contribution >= 0.6 is 23.4 Å². The summed E-state index contributed by atoms with van der Waals surface area (Å²) >= 11 is 7.28. The largest absolute Gasteiger partial charge is 0.246 e. The van der Waals surface area contributed by atoms with Gasteiger partial charge in [-0.05, 0) is 17.7 Å². The second-order valence-electron chi connectivity index (χ2n) is 5.10. The van der Waals surface area contributed by atoms with Crippen molar-refractivity contribution in [3.8, 4) is 0 Å². The zero-order chi connectivity index (χ0) is 15.8. The Morgan fingerprint density at radius 1 is 1.29 bits per heavy atom. The van der Waals surface area contributed by atoms with Crippen LogP contribution in [0.1, 0.15) is 19.4 Å². The van der Waals surface area contributed by atoms with Crippen molar-refractivity contribution >= 4 is 33.4 Å². The number of benzene rings is 1. The Kier molecular flexibility index (Phi) is 5.18. The highest BCUT2D eigenvalue weighted by Gasteiger charge is 2.34. The van der Waals surface area contributed by atoms with E-state index in [1.165, 1.54) is 4.31 Å². The molecule has 1 fully saturated rings. The number of alkyl halides is 1. The van der Waals surface area contributed by atoms with Gasteiger partial charge in [0.15, 0.2) is 11.6 Å². The second-order valence-corrected chi connectivity index (χ2v) is 9.16. The summed E-state index contributed by atoms with van der Waals surface area (Å²) in [4.78, 5) is -0.635. The van der Waals surface area contributed by atoms with Gasteiger partial charge < -0.3 is 0 Å². The molecular weight excluding hydrogens is 340 g/mol. The summed E-state index contributed by atoms with van der Waals surface area (Å²) < 4.78 is 53.9. The molecule has 2 rings (SSSR count).